The molecule has 3 aromatic rings. The highest BCUT2D eigenvalue weighted by atomic mass is 35.5. The van der Waals surface area contributed by atoms with Gasteiger partial charge >= 0.3 is 6.03 Å². The van der Waals surface area contributed by atoms with Crippen molar-refractivity contribution in [3.8, 4) is 5.75 Å². The molecule has 1 aromatic heterocycles. The summed E-state index contributed by atoms with van der Waals surface area (Å²) < 4.78 is 7.48. The van der Waals surface area contributed by atoms with Crippen molar-refractivity contribution < 1.29 is 9.53 Å². The maximum atomic E-state index is 12.9. The summed E-state index contributed by atoms with van der Waals surface area (Å²) in [6.07, 6.45) is 2.90. The lowest BCUT2D eigenvalue weighted by molar-refractivity contribution is 0.207. The van der Waals surface area contributed by atoms with Gasteiger partial charge in [-0.15, -0.1) is 0 Å². The number of methoxy groups -OCH3 is 1. The molecule has 0 saturated carbocycles. The number of aromatic nitrogens is 1. The quantitative estimate of drug-likeness (QED) is 0.521. The van der Waals surface area contributed by atoms with E-state index >= 15 is 0 Å². The molecule has 1 N–H and O–H groups in total. The van der Waals surface area contributed by atoms with Crippen LogP contribution in [0.4, 0.5) is 10.5 Å². The first-order valence-electron chi connectivity index (χ1n) is 9.68. The lowest BCUT2D eigenvalue weighted by atomic mass is 10.2. The number of nitrogens with zero attached hydrogens (tertiary/aromatic N) is 2. The minimum Gasteiger partial charge on any atom is -0.495 e. The molecule has 6 heteroatoms. The number of benzene rings is 2. The van der Waals surface area contributed by atoms with Crippen LogP contribution < -0.4 is 10.1 Å². The first-order valence-corrected chi connectivity index (χ1v) is 10.1. The van der Waals surface area contributed by atoms with Crippen LogP contribution in [0.3, 0.4) is 0 Å². The third-order valence-corrected chi connectivity index (χ3v) is 4.88. The van der Waals surface area contributed by atoms with Crippen molar-refractivity contribution >= 4 is 23.3 Å². The minimum absolute atomic E-state index is 0.146. The second-order valence-electron chi connectivity index (χ2n) is 6.81. The van der Waals surface area contributed by atoms with E-state index in [1.807, 2.05) is 71.8 Å². The fourth-order valence-electron chi connectivity index (χ4n) is 3.24. The Hall–Kier alpha value is -2.92. The first-order chi connectivity index (χ1) is 14.1. The lowest BCUT2D eigenvalue weighted by Crippen LogP contribution is -2.35. The molecular formula is C23H26ClN3O2. The van der Waals surface area contributed by atoms with Crippen LogP contribution in [-0.4, -0.2) is 29.2 Å². The van der Waals surface area contributed by atoms with Crippen molar-refractivity contribution in [3.05, 3.63) is 83.1 Å². The number of anilines is 1. The summed E-state index contributed by atoms with van der Waals surface area (Å²) in [5.41, 5.74) is 2.85. The summed E-state index contributed by atoms with van der Waals surface area (Å²) in [6.45, 7) is 3.94. The average Bonchev–Trinajstić information content (AvgIpc) is 3.14. The summed E-state index contributed by atoms with van der Waals surface area (Å²) in [7, 11) is 1.59. The molecule has 0 fully saturated rings. The maximum Gasteiger partial charge on any atom is 0.322 e. The zero-order chi connectivity index (χ0) is 20.6. The van der Waals surface area contributed by atoms with Gasteiger partial charge in [0.2, 0.25) is 0 Å². The third-order valence-electron chi connectivity index (χ3n) is 4.65. The minimum atomic E-state index is -0.146. The van der Waals surface area contributed by atoms with Gasteiger partial charge in [-0.2, -0.15) is 0 Å². The molecule has 3 rings (SSSR count). The van der Waals surface area contributed by atoms with Gasteiger partial charge in [0.15, 0.2) is 0 Å². The molecule has 29 heavy (non-hydrogen) atoms. The first kappa shape index (κ1) is 20.8. The van der Waals surface area contributed by atoms with Crippen LogP contribution in [0.2, 0.25) is 5.02 Å². The average molecular weight is 412 g/mol. The number of carbonyl (C=O) groups excluding carboxylic acids is 1. The molecule has 152 valence electrons. The van der Waals surface area contributed by atoms with E-state index in [4.69, 9.17) is 16.3 Å². The Kier molecular flexibility index (Phi) is 7.19. The molecule has 0 bridgehead atoms. The predicted molar refractivity (Wildman–Crippen MR) is 118 cm³/mol. The van der Waals surface area contributed by atoms with E-state index in [0.29, 0.717) is 31.1 Å². The highest BCUT2D eigenvalue weighted by Gasteiger charge is 2.17. The zero-order valence-corrected chi connectivity index (χ0v) is 17.5. The molecule has 0 radical (unpaired) electrons. The molecule has 0 aliphatic rings. The molecule has 2 aromatic carbocycles. The summed E-state index contributed by atoms with van der Waals surface area (Å²) in [6, 6.07) is 19.1. The topological polar surface area (TPSA) is 46.5 Å². The van der Waals surface area contributed by atoms with Crippen LogP contribution in [-0.2, 0) is 13.1 Å². The van der Waals surface area contributed by atoms with Crippen molar-refractivity contribution in [1.29, 1.82) is 0 Å². The standard InChI is InChI=1S/C23H26ClN3O2/c1-3-13-27(23(28)25-21-11-4-5-12-22(21)29-2)17-20-10-7-14-26(20)16-18-8-6-9-19(24)15-18/h4-12,14-15H,3,13,16-17H2,1-2H3,(H,25,28). The largest absolute Gasteiger partial charge is 0.495 e. The number of ether oxygens (including phenoxy) is 1. The molecule has 0 unspecified atom stereocenters. The van der Waals surface area contributed by atoms with Gasteiger partial charge in [0.05, 0.1) is 19.3 Å². The smallest absolute Gasteiger partial charge is 0.322 e. The van der Waals surface area contributed by atoms with E-state index < -0.39 is 0 Å². The maximum absolute atomic E-state index is 12.9. The van der Waals surface area contributed by atoms with Crippen molar-refractivity contribution in [3.63, 3.8) is 0 Å². The van der Waals surface area contributed by atoms with Crippen LogP contribution in [0.5, 0.6) is 5.75 Å². The molecular weight excluding hydrogens is 386 g/mol. The van der Waals surface area contributed by atoms with Crippen molar-refractivity contribution in [1.82, 2.24) is 9.47 Å². The van der Waals surface area contributed by atoms with E-state index in [2.05, 4.69) is 16.8 Å². The fourth-order valence-corrected chi connectivity index (χ4v) is 3.45. The van der Waals surface area contributed by atoms with Crippen LogP contribution in [0.25, 0.3) is 0 Å². The van der Waals surface area contributed by atoms with Gasteiger partial charge in [0.1, 0.15) is 5.75 Å². The van der Waals surface area contributed by atoms with Crippen molar-refractivity contribution in [2.75, 3.05) is 19.0 Å². The Morgan fingerprint density at radius 2 is 1.97 bits per heavy atom. The molecule has 0 saturated heterocycles. The number of nitrogens with one attached hydrogen (secondary N) is 1. The van der Waals surface area contributed by atoms with E-state index in [0.717, 1.165) is 22.7 Å². The highest BCUT2D eigenvalue weighted by Crippen LogP contribution is 2.24. The number of halogens is 1. The Morgan fingerprint density at radius 3 is 2.72 bits per heavy atom. The Labute approximate surface area is 176 Å². The summed E-state index contributed by atoms with van der Waals surface area (Å²) in [4.78, 5) is 14.8. The van der Waals surface area contributed by atoms with Gasteiger partial charge in [-0.25, -0.2) is 4.79 Å². The Morgan fingerprint density at radius 1 is 1.14 bits per heavy atom. The number of carbonyl (C=O) groups is 1. The van der Waals surface area contributed by atoms with Crippen molar-refractivity contribution in [2.24, 2.45) is 0 Å². The fraction of sp³-hybridized carbons (Fsp3) is 0.261. The normalized spacial score (nSPS) is 10.6. The number of para-hydroxylation sites is 2. The summed E-state index contributed by atoms with van der Waals surface area (Å²) >= 11 is 6.11. The molecule has 5 nitrogen and oxygen atoms in total. The monoisotopic (exact) mass is 411 g/mol. The Bertz CT molecular complexity index is 955. The van der Waals surface area contributed by atoms with E-state index in [9.17, 15) is 4.79 Å². The van der Waals surface area contributed by atoms with Gasteiger partial charge in [0, 0.05) is 30.0 Å². The highest BCUT2D eigenvalue weighted by molar-refractivity contribution is 6.30. The van der Waals surface area contributed by atoms with Gasteiger partial charge in [-0.05, 0) is 48.4 Å². The van der Waals surface area contributed by atoms with Gasteiger partial charge in [-0.1, -0.05) is 42.8 Å². The number of amides is 2. The summed E-state index contributed by atoms with van der Waals surface area (Å²) in [5.74, 6) is 0.640. The third kappa shape index (κ3) is 5.55. The van der Waals surface area contributed by atoms with Crippen molar-refractivity contribution in [2.45, 2.75) is 26.4 Å². The van der Waals surface area contributed by atoms with Crippen LogP contribution in [0, 0.1) is 0 Å². The van der Waals surface area contributed by atoms with E-state index in [1.54, 1.807) is 7.11 Å². The SMILES string of the molecule is CCCN(Cc1cccn1Cc1cccc(Cl)c1)C(=O)Nc1ccccc1OC. The van der Waals surface area contributed by atoms with Gasteiger partial charge in [-0.3, -0.25) is 0 Å². The number of urea groups is 1. The number of hydrogen-bond acceptors (Lipinski definition) is 2. The van der Waals surface area contributed by atoms with Gasteiger partial charge < -0.3 is 19.5 Å². The van der Waals surface area contributed by atoms with E-state index in [-0.39, 0.29) is 6.03 Å². The molecule has 2 amide bonds. The zero-order valence-electron chi connectivity index (χ0n) is 16.8. The molecule has 0 atom stereocenters. The lowest BCUT2D eigenvalue weighted by Gasteiger charge is -2.24. The molecule has 1 heterocycles. The molecule has 0 aliphatic carbocycles. The van der Waals surface area contributed by atoms with Gasteiger partial charge in [0.25, 0.3) is 0 Å². The molecule has 0 aliphatic heterocycles. The Balaban J connectivity index is 1.74. The predicted octanol–water partition coefficient (Wildman–Crippen LogP) is 5.64. The second-order valence-corrected chi connectivity index (χ2v) is 7.25. The van der Waals surface area contributed by atoms with Crippen LogP contribution >= 0.6 is 11.6 Å². The van der Waals surface area contributed by atoms with E-state index in [1.165, 1.54) is 0 Å². The number of rotatable bonds is 8. The second kappa shape index (κ2) is 10.0. The number of hydrogen-bond donors (Lipinski definition) is 1. The summed E-state index contributed by atoms with van der Waals surface area (Å²) in [5, 5.41) is 3.69. The molecule has 0 spiro atoms. The van der Waals surface area contributed by atoms with Crippen LogP contribution in [0.1, 0.15) is 24.6 Å². The van der Waals surface area contributed by atoms with Crippen LogP contribution in [0.15, 0.2) is 66.9 Å².